The first kappa shape index (κ1) is 10.8. The van der Waals surface area contributed by atoms with Crippen LogP contribution in [-0.2, 0) is 4.74 Å². The van der Waals surface area contributed by atoms with Crippen molar-refractivity contribution < 1.29 is 4.74 Å². The largest absolute Gasteiger partial charge is 0.379 e. The van der Waals surface area contributed by atoms with E-state index in [4.69, 9.17) is 4.74 Å². The van der Waals surface area contributed by atoms with Crippen molar-refractivity contribution in [3.63, 3.8) is 0 Å². The molecule has 1 fully saturated rings. The highest BCUT2D eigenvalue weighted by Crippen LogP contribution is 2.26. The molecule has 1 saturated heterocycles. The van der Waals surface area contributed by atoms with Gasteiger partial charge in [-0.25, -0.2) is 9.97 Å². The van der Waals surface area contributed by atoms with Crippen LogP contribution in [0.4, 0.5) is 5.82 Å². The molecular formula is C10H14BrN3O. The molecular weight excluding hydrogens is 258 g/mol. The summed E-state index contributed by atoms with van der Waals surface area (Å²) >= 11 is 3.48. The molecule has 2 heterocycles. The van der Waals surface area contributed by atoms with Crippen molar-refractivity contribution in [2.45, 2.75) is 19.4 Å². The molecule has 1 aromatic rings. The van der Waals surface area contributed by atoms with Crippen LogP contribution in [0.25, 0.3) is 0 Å². The normalized spacial score (nSPS) is 20.5. The SMILES string of the molecule is CCN(c1ncncc1Br)C1CCOC1. The van der Waals surface area contributed by atoms with Crippen molar-refractivity contribution in [2.24, 2.45) is 0 Å². The summed E-state index contributed by atoms with van der Waals surface area (Å²) in [6.07, 6.45) is 4.43. The zero-order valence-electron chi connectivity index (χ0n) is 8.69. The van der Waals surface area contributed by atoms with Crippen molar-refractivity contribution in [3.05, 3.63) is 17.0 Å². The average molecular weight is 272 g/mol. The lowest BCUT2D eigenvalue weighted by atomic mass is 10.2. The molecule has 0 amide bonds. The van der Waals surface area contributed by atoms with Crippen molar-refractivity contribution >= 4 is 21.7 Å². The lowest BCUT2D eigenvalue weighted by Gasteiger charge is -2.28. The molecule has 0 radical (unpaired) electrons. The van der Waals surface area contributed by atoms with Crippen LogP contribution in [0.15, 0.2) is 17.0 Å². The number of halogens is 1. The molecule has 5 heteroatoms. The van der Waals surface area contributed by atoms with Gasteiger partial charge in [-0.15, -0.1) is 0 Å². The Bertz CT molecular complexity index is 328. The first-order chi connectivity index (χ1) is 7.33. The summed E-state index contributed by atoms with van der Waals surface area (Å²) in [5.74, 6) is 0.961. The number of nitrogens with zero attached hydrogens (tertiary/aromatic N) is 3. The molecule has 15 heavy (non-hydrogen) atoms. The molecule has 0 spiro atoms. The van der Waals surface area contributed by atoms with E-state index in [-0.39, 0.29) is 0 Å². The molecule has 0 aromatic carbocycles. The smallest absolute Gasteiger partial charge is 0.146 e. The molecule has 1 unspecified atom stereocenters. The van der Waals surface area contributed by atoms with E-state index in [0.29, 0.717) is 6.04 Å². The Morgan fingerprint density at radius 2 is 2.53 bits per heavy atom. The van der Waals surface area contributed by atoms with E-state index in [9.17, 15) is 0 Å². The average Bonchev–Trinajstić information content (AvgIpc) is 2.75. The summed E-state index contributed by atoms with van der Waals surface area (Å²) < 4.78 is 6.34. The van der Waals surface area contributed by atoms with Gasteiger partial charge in [-0.1, -0.05) is 0 Å². The topological polar surface area (TPSA) is 38.2 Å². The summed E-state index contributed by atoms with van der Waals surface area (Å²) in [6, 6.07) is 0.446. The second-order valence-electron chi connectivity index (χ2n) is 3.50. The van der Waals surface area contributed by atoms with Gasteiger partial charge in [0.15, 0.2) is 0 Å². The summed E-state index contributed by atoms with van der Waals surface area (Å²) in [5, 5.41) is 0. The Kier molecular flexibility index (Phi) is 3.53. The summed E-state index contributed by atoms with van der Waals surface area (Å²) in [7, 11) is 0. The Morgan fingerprint density at radius 3 is 3.13 bits per heavy atom. The summed E-state index contributed by atoms with van der Waals surface area (Å²) in [4.78, 5) is 10.5. The van der Waals surface area contributed by atoms with Crippen LogP contribution in [0, 0.1) is 0 Å². The molecule has 82 valence electrons. The zero-order valence-corrected chi connectivity index (χ0v) is 10.3. The van der Waals surface area contributed by atoms with E-state index in [2.05, 4.69) is 37.7 Å². The van der Waals surface area contributed by atoms with Gasteiger partial charge >= 0.3 is 0 Å². The fraction of sp³-hybridized carbons (Fsp3) is 0.600. The molecule has 1 aliphatic heterocycles. The second kappa shape index (κ2) is 4.90. The Morgan fingerprint density at radius 1 is 1.67 bits per heavy atom. The van der Waals surface area contributed by atoms with Gasteiger partial charge in [-0.05, 0) is 29.3 Å². The fourth-order valence-electron chi connectivity index (χ4n) is 1.87. The fourth-order valence-corrected chi connectivity index (χ4v) is 2.31. The predicted octanol–water partition coefficient (Wildman–Crippen LogP) is 1.85. The minimum atomic E-state index is 0.446. The van der Waals surface area contributed by atoms with Gasteiger partial charge in [0, 0.05) is 19.3 Å². The third kappa shape index (κ3) is 2.29. The third-order valence-corrected chi connectivity index (χ3v) is 3.17. The number of ether oxygens (including phenoxy) is 1. The minimum absolute atomic E-state index is 0.446. The van der Waals surface area contributed by atoms with Gasteiger partial charge in [0.2, 0.25) is 0 Å². The Labute approximate surface area is 97.8 Å². The molecule has 0 saturated carbocycles. The van der Waals surface area contributed by atoms with E-state index in [1.807, 2.05) is 0 Å². The monoisotopic (exact) mass is 271 g/mol. The van der Waals surface area contributed by atoms with Crippen LogP contribution in [0.5, 0.6) is 0 Å². The van der Waals surface area contributed by atoms with Crippen molar-refractivity contribution in [1.29, 1.82) is 0 Å². The van der Waals surface area contributed by atoms with Crippen molar-refractivity contribution in [2.75, 3.05) is 24.7 Å². The predicted molar refractivity (Wildman–Crippen MR) is 62.0 cm³/mol. The van der Waals surface area contributed by atoms with Gasteiger partial charge in [0.05, 0.1) is 17.1 Å². The van der Waals surface area contributed by atoms with Gasteiger partial charge in [-0.3, -0.25) is 0 Å². The van der Waals surface area contributed by atoms with E-state index >= 15 is 0 Å². The Balaban J connectivity index is 2.22. The molecule has 2 rings (SSSR count). The van der Waals surface area contributed by atoms with Crippen LogP contribution < -0.4 is 4.90 Å². The molecule has 0 bridgehead atoms. The molecule has 4 nitrogen and oxygen atoms in total. The maximum Gasteiger partial charge on any atom is 0.146 e. The first-order valence-electron chi connectivity index (χ1n) is 5.12. The molecule has 1 aliphatic rings. The van der Waals surface area contributed by atoms with Crippen LogP contribution >= 0.6 is 15.9 Å². The van der Waals surface area contributed by atoms with Crippen molar-refractivity contribution in [1.82, 2.24) is 9.97 Å². The molecule has 1 atom stereocenters. The van der Waals surface area contributed by atoms with Gasteiger partial charge in [-0.2, -0.15) is 0 Å². The van der Waals surface area contributed by atoms with Crippen LogP contribution in [0.1, 0.15) is 13.3 Å². The highest BCUT2D eigenvalue weighted by Gasteiger charge is 2.24. The number of hydrogen-bond acceptors (Lipinski definition) is 4. The maximum atomic E-state index is 5.40. The van der Waals surface area contributed by atoms with Gasteiger partial charge in [0.1, 0.15) is 12.1 Å². The highest BCUT2D eigenvalue weighted by molar-refractivity contribution is 9.10. The number of likely N-dealkylation sites (N-methyl/N-ethyl adjacent to an activating group) is 1. The number of hydrogen-bond donors (Lipinski definition) is 0. The minimum Gasteiger partial charge on any atom is -0.379 e. The quantitative estimate of drug-likeness (QED) is 0.841. The van der Waals surface area contributed by atoms with E-state index in [1.165, 1.54) is 0 Å². The molecule has 0 aliphatic carbocycles. The van der Waals surface area contributed by atoms with Crippen molar-refractivity contribution in [3.8, 4) is 0 Å². The second-order valence-corrected chi connectivity index (χ2v) is 4.35. The van der Waals surface area contributed by atoms with Crippen LogP contribution in [0.3, 0.4) is 0 Å². The van der Waals surface area contributed by atoms with E-state index in [1.54, 1.807) is 12.5 Å². The first-order valence-corrected chi connectivity index (χ1v) is 5.92. The maximum absolute atomic E-state index is 5.40. The summed E-state index contributed by atoms with van der Waals surface area (Å²) in [6.45, 7) is 4.71. The molecule has 1 aromatic heterocycles. The van der Waals surface area contributed by atoms with Crippen LogP contribution in [0.2, 0.25) is 0 Å². The standard InChI is InChI=1S/C10H14BrN3O/c1-2-14(8-3-4-15-6-8)10-9(11)5-12-7-13-10/h5,7-8H,2-4,6H2,1H3. The third-order valence-electron chi connectivity index (χ3n) is 2.61. The van der Waals surface area contributed by atoms with Gasteiger partial charge in [0.25, 0.3) is 0 Å². The zero-order chi connectivity index (χ0) is 10.7. The van der Waals surface area contributed by atoms with E-state index in [0.717, 1.165) is 36.5 Å². The number of anilines is 1. The lowest BCUT2D eigenvalue weighted by molar-refractivity contribution is 0.193. The number of rotatable bonds is 3. The van der Waals surface area contributed by atoms with Gasteiger partial charge < -0.3 is 9.64 Å². The van der Waals surface area contributed by atoms with Crippen LogP contribution in [-0.4, -0.2) is 35.8 Å². The molecule has 0 N–H and O–H groups in total. The lowest BCUT2D eigenvalue weighted by Crippen LogP contribution is -2.36. The van der Waals surface area contributed by atoms with E-state index < -0.39 is 0 Å². The number of aromatic nitrogens is 2. The summed E-state index contributed by atoms with van der Waals surface area (Å²) in [5.41, 5.74) is 0. The highest BCUT2D eigenvalue weighted by atomic mass is 79.9. The Hall–Kier alpha value is -0.680.